The summed E-state index contributed by atoms with van der Waals surface area (Å²) in [6, 6.07) is 1.40. The van der Waals surface area contributed by atoms with Gasteiger partial charge in [-0.2, -0.15) is 0 Å². The molecule has 2 unspecified atom stereocenters. The molecule has 14 heavy (non-hydrogen) atoms. The lowest BCUT2D eigenvalue weighted by atomic mass is 10.2. The first-order valence-electron chi connectivity index (χ1n) is 4.50. The third-order valence-electron chi connectivity index (χ3n) is 2.00. The van der Waals surface area contributed by atoms with E-state index in [1.165, 1.54) is 0 Å². The Morgan fingerprint density at radius 3 is 2.71 bits per heavy atom. The van der Waals surface area contributed by atoms with Crippen molar-refractivity contribution in [2.75, 3.05) is 0 Å². The molecule has 0 aliphatic heterocycles. The molecule has 0 aliphatic carbocycles. The average Bonchev–Trinajstić information content (AvgIpc) is 2.51. The monoisotopic (exact) mass is 197 g/mol. The van der Waals surface area contributed by atoms with Crippen molar-refractivity contribution in [3.63, 3.8) is 0 Å². The van der Waals surface area contributed by atoms with Gasteiger partial charge in [-0.25, -0.2) is 0 Å². The van der Waals surface area contributed by atoms with Gasteiger partial charge in [0.1, 0.15) is 0 Å². The van der Waals surface area contributed by atoms with Crippen LogP contribution in [-0.2, 0) is 0 Å². The van der Waals surface area contributed by atoms with E-state index in [0.29, 0.717) is 5.69 Å². The van der Waals surface area contributed by atoms with E-state index in [2.05, 4.69) is 10.5 Å². The normalized spacial score (nSPS) is 14.9. The number of aryl methyl sites for hydroxylation is 1. The van der Waals surface area contributed by atoms with Gasteiger partial charge in [-0.05, 0) is 20.8 Å². The molecule has 0 aliphatic rings. The van der Waals surface area contributed by atoms with Crippen molar-refractivity contribution < 1.29 is 9.32 Å². The fraction of sp³-hybridized carbons (Fsp3) is 0.556. The lowest BCUT2D eigenvalue weighted by molar-refractivity contribution is 0.0898. The number of carbonyl (C=O) groups is 1. The second kappa shape index (κ2) is 4.23. The molecule has 0 saturated carbocycles. The van der Waals surface area contributed by atoms with Crippen LogP contribution in [0.25, 0.3) is 0 Å². The van der Waals surface area contributed by atoms with Crippen LogP contribution in [0.2, 0.25) is 0 Å². The van der Waals surface area contributed by atoms with Crippen molar-refractivity contribution in [2.45, 2.75) is 32.9 Å². The first-order chi connectivity index (χ1) is 6.50. The molecule has 0 fully saturated rings. The number of hydrogen-bond donors (Lipinski definition) is 2. The van der Waals surface area contributed by atoms with Crippen molar-refractivity contribution in [1.29, 1.82) is 0 Å². The van der Waals surface area contributed by atoms with E-state index in [-0.39, 0.29) is 23.8 Å². The Hall–Kier alpha value is -1.36. The number of hydrogen-bond acceptors (Lipinski definition) is 4. The molecular weight excluding hydrogens is 182 g/mol. The van der Waals surface area contributed by atoms with Gasteiger partial charge < -0.3 is 15.6 Å². The summed E-state index contributed by atoms with van der Waals surface area (Å²) < 4.78 is 4.80. The zero-order chi connectivity index (χ0) is 10.7. The topological polar surface area (TPSA) is 81.2 Å². The van der Waals surface area contributed by atoms with Crippen molar-refractivity contribution in [1.82, 2.24) is 10.5 Å². The molecular formula is C9H15N3O2. The molecule has 1 amide bonds. The molecule has 1 rings (SSSR count). The number of aromatic nitrogens is 1. The minimum absolute atomic E-state index is 0.0899. The highest BCUT2D eigenvalue weighted by Gasteiger charge is 2.15. The van der Waals surface area contributed by atoms with Crippen LogP contribution in [-0.4, -0.2) is 23.1 Å². The summed E-state index contributed by atoms with van der Waals surface area (Å²) in [5, 5.41) is 6.33. The van der Waals surface area contributed by atoms with Crippen LogP contribution in [0.15, 0.2) is 10.6 Å². The highest BCUT2D eigenvalue weighted by molar-refractivity contribution is 5.91. The summed E-state index contributed by atoms with van der Waals surface area (Å²) in [6.07, 6.45) is 0. The molecule has 0 bridgehead atoms. The molecule has 78 valence electrons. The van der Waals surface area contributed by atoms with Crippen LogP contribution < -0.4 is 11.1 Å². The van der Waals surface area contributed by atoms with E-state index in [9.17, 15) is 4.79 Å². The highest BCUT2D eigenvalue weighted by Crippen LogP contribution is 2.02. The van der Waals surface area contributed by atoms with E-state index in [0.717, 1.165) is 0 Å². The van der Waals surface area contributed by atoms with E-state index in [4.69, 9.17) is 10.3 Å². The maximum Gasteiger partial charge on any atom is 0.290 e. The molecule has 5 nitrogen and oxygen atoms in total. The largest absolute Gasteiger partial charge is 0.351 e. The number of rotatable bonds is 3. The molecule has 1 aromatic rings. The van der Waals surface area contributed by atoms with Gasteiger partial charge >= 0.3 is 0 Å². The van der Waals surface area contributed by atoms with Gasteiger partial charge in [0.2, 0.25) is 5.76 Å². The summed E-state index contributed by atoms with van der Waals surface area (Å²) in [6.45, 7) is 5.43. The lowest BCUT2D eigenvalue weighted by Gasteiger charge is -2.15. The van der Waals surface area contributed by atoms with Crippen LogP contribution in [0.5, 0.6) is 0 Å². The lowest BCUT2D eigenvalue weighted by Crippen LogP contribution is -2.43. The Morgan fingerprint density at radius 2 is 2.29 bits per heavy atom. The third-order valence-corrected chi connectivity index (χ3v) is 2.00. The van der Waals surface area contributed by atoms with Gasteiger partial charge in [0.25, 0.3) is 5.91 Å². The number of carbonyl (C=O) groups excluding carboxylic acids is 1. The third kappa shape index (κ3) is 2.56. The molecule has 1 aromatic heterocycles. The van der Waals surface area contributed by atoms with Crippen molar-refractivity contribution in [3.8, 4) is 0 Å². The smallest absolute Gasteiger partial charge is 0.290 e. The quantitative estimate of drug-likeness (QED) is 0.737. The molecule has 5 heteroatoms. The summed E-state index contributed by atoms with van der Waals surface area (Å²) in [5.41, 5.74) is 6.29. The number of nitrogens with two attached hydrogens (primary N) is 1. The zero-order valence-corrected chi connectivity index (χ0v) is 8.57. The van der Waals surface area contributed by atoms with Crippen molar-refractivity contribution in [3.05, 3.63) is 17.5 Å². The minimum Gasteiger partial charge on any atom is -0.351 e. The second-order valence-corrected chi connectivity index (χ2v) is 3.45. The molecule has 0 aromatic carbocycles. The minimum atomic E-state index is -0.282. The number of amides is 1. The SMILES string of the molecule is Cc1cc(C(=O)NC(C)C(C)N)on1. The zero-order valence-electron chi connectivity index (χ0n) is 8.57. The van der Waals surface area contributed by atoms with E-state index in [1.54, 1.807) is 13.0 Å². The average molecular weight is 197 g/mol. The molecule has 0 saturated heterocycles. The van der Waals surface area contributed by atoms with Gasteiger partial charge in [-0.3, -0.25) is 4.79 Å². The summed E-state index contributed by atoms with van der Waals surface area (Å²) in [7, 11) is 0. The van der Waals surface area contributed by atoms with E-state index < -0.39 is 0 Å². The predicted octanol–water partition coefficient (Wildman–Crippen LogP) is 0.449. The number of nitrogens with zero attached hydrogens (tertiary/aromatic N) is 1. The maximum atomic E-state index is 11.5. The van der Waals surface area contributed by atoms with Crippen molar-refractivity contribution >= 4 is 5.91 Å². The Morgan fingerprint density at radius 1 is 1.64 bits per heavy atom. The van der Waals surface area contributed by atoms with Crippen molar-refractivity contribution in [2.24, 2.45) is 5.73 Å². The Bertz CT molecular complexity index is 320. The highest BCUT2D eigenvalue weighted by atomic mass is 16.5. The molecule has 0 spiro atoms. The van der Waals surface area contributed by atoms with Gasteiger partial charge in [-0.15, -0.1) is 0 Å². The fourth-order valence-corrected chi connectivity index (χ4v) is 0.880. The summed E-state index contributed by atoms with van der Waals surface area (Å²) in [5.74, 6) is -0.0644. The first kappa shape index (κ1) is 10.7. The second-order valence-electron chi connectivity index (χ2n) is 3.45. The molecule has 3 N–H and O–H groups in total. The fourth-order valence-electron chi connectivity index (χ4n) is 0.880. The van der Waals surface area contributed by atoms with Gasteiger partial charge in [0, 0.05) is 18.2 Å². The Labute approximate surface area is 82.6 Å². The predicted molar refractivity (Wildman–Crippen MR) is 51.8 cm³/mol. The van der Waals surface area contributed by atoms with Gasteiger partial charge in [0.15, 0.2) is 0 Å². The number of nitrogens with one attached hydrogen (secondary N) is 1. The van der Waals surface area contributed by atoms with Crippen LogP contribution in [0.4, 0.5) is 0 Å². The maximum absolute atomic E-state index is 11.5. The van der Waals surface area contributed by atoms with Gasteiger partial charge in [0.05, 0.1) is 5.69 Å². The van der Waals surface area contributed by atoms with Crippen LogP contribution >= 0.6 is 0 Å². The van der Waals surface area contributed by atoms with Crippen LogP contribution in [0.1, 0.15) is 30.1 Å². The Balaban J connectivity index is 2.59. The van der Waals surface area contributed by atoms with Crippen LogP contribution in [0, 0.1) is 6.92 Å². The summed E-state index contributed by atoms with van der Waals surface area (Å²) >= 11 is 0. The summed E-state index contributed by atoms with van der Waals surface area (Å²) in [4.78, 5) is 11.5. The molecule has 0 radical (unpaired) electrons. The van der Waals surface area contributed by atoms with Gasteiger partial charge in [-0.1, -0.05) is 5.16 Å². The van der Waals surface area contributed by atoms with E-state index in [1.807, 2.05) is 13.8 Å². The van der Waals surface area contributed by atoms with E-state index >= 15 is 0 Å². The first-order valence-corrected chi connectivity index (χ1v) is 4.50. The van der Waals surface area contributed by atoms with Crippen LogP contribution in [0.3, 0.4) is 0 Å². The standard InChI is InChI=1S/C9H15N3O2/c1-5-4-8(14-12-5)9(13)11-7(3)6(2)10/h4,6-7H,10H2,1-3H3,(H,11,13). The molecule has 2 atom stereocenters. The Kier molecular flexibility index (Phi) is 3.24. The molecule has 1 heterocycles.